The van der Waals surface area contributed by atoms with Gasteiger partial charge in [0.15, 0.2) is 11.5 Å². The summed E-state index contributed by atoms with van der Waals surface area (Å²) < 4.78 is 10.8. The molecule has 1 aliphatic rings. The number of fused-ring (bicyclic) bond motifs is 2. The molecule has 1 aliphatic heterocycles. The second-order valence-corrected chi connectivity index (χ2v) is 6.94. The molecule has 0 amide bonds. The van der Waals surface area contributed by atoms with Crippen LogP contribution in [0.25, 0.3) is 33.3 Å². The number of methoxy groups -OCH3 is 2. The number of pyridine rings is 1. The van der Waals surface area contributed by atoms with Gasteiger partial charge in [-0.15, -0.1) is 0 Å². The third-order valence-corrected chi connectivity index (χ3v) is 5.37. The number of anilines is 1. The van der Waals surface area contributed by atoms with Gasteiger partial charge in [0.25, 0.3) is 0 Å². The van der Waals surface area contributed by atoms with E-state index in [0.717, 1.165) is 40.9 Å². The number of H-pyrrole nitrogens is 1. The molecule has 0 spiro atoms. The first-order valence-electron chi connectivity index (χ1n) is 9.33. The highest BCUT2D eigenvalue weighted by Gasteiger charge is 2.14. The molecule has 0 unspecified atom stereocenters. The van der Waals surface area contributed by atoms with Gasteiger partial charge in [0, 0.05) is 41.1 Å². The Bertz CT molecular complexity index is 1180. The van der Waals surface area contributed by atoms with E-state index in [1.54, 1.807) is 14.2 Å². The van der Waals surface area contributed by atoms with E-state index in [4.69, 9.17) is 9.47 Å². The Morgan fingerprint density at radius 2 is 1.75 bits per heavy atom. The maximum absolute atomic E-state index is 5.45. The third-order valence-electron chi connectivity index (χ3n) is 5.37. The lowest BCUT2D eigenvalue weighted by atomic mass is 10.00. The highest BCUT2D eigenvalue weighted by molar-refractivity contribution is 5.96. The Kier molecular flexibility index (Phi) is 3.93. The van der Waals surface area contributed by atoms with E-state index in [1.165, 1.54) is 22.4 Å². The molecule has 2 N–H and O–H groups in total. The second kappa shape index (κ2) is 6.60. The quantitative estimate of drug-likeness (QED) is 0.537. The minimum atomic E-state index is 0.709. The van der Waals surface area contributed by atoms with Gasteiger partial charge >= 0.3 is 0 Å². The molecule has 0 saturated carbocycles. The van der Waals surface area contributed by atoms with Crippen LogP contribution in [0.5, 0.6) is 11.5 Å². The molecule has 0 radical (unpaired) electrons. The van der Waals surface area contributed by atoms with Crippen molar-refractivity contribution in [1.29, 1.82) is 0 Å². The molecule has 0 fully saturated rings. The maximum Gasteiger partial charge on any atom is 0.161 e. The van der Waals surface area contributed by atoms with Crippen molar-refractivity contribution in [3.63, 3.8) is 0 Å². The van der Waals surface area contributed by atoms with Crippen molar-refractivity contribution in [3.8, 4) is 33.8 Å². The largest absolute Gasteiger partial charge is 0.493 e. The lowest BCUT2D eigenvalue weighted by molar-refractivity contribution is 0.355. The zero-order valence-corrected chi connectivity index (χ0v) is 15.9. The number of benzene rings is 2. The summed E-state index contributed by atoms with van der Waals surface area (Å²) >= 11 is 0. The fourth-order valence-electron chi connectivity index (χ4n) is 3.89. The van der Waals surface area contributed by atoms with Crippen molar-refractivity contribution in [2.45, 2.75) is 6.42 Å². The summed E-state index contributed by atoms with van der Waals surface area (Å²) in [6.07, 6.45) is 5.00. The molecule has 5 rings (SSSR count). The van der Waals surface area contributed by atoms with Crippen molar-refractivity contribution in [2.75, 3.05) is 26.1 Å². The van der Waals surface area contributed by atoms with Gasteiger partial charge in [-0.05, 0) is 53.4 Å². The summed E-state index contributed by atoms with van der Waals surface area (Å²) in [5, 5.41) is 4.53. The van der Waals surface area contributed by atoms with E-state index in [1.807, 2.05) is 30.6 Å². The first kappa shape index (κ1) is 16.7. The fraction of sp³-hybridized carbons (Fsp3) is 0.174. The Morgan fingerprint density at radius 1 is 0.893 bits per heavy atom. The van der Waals surface area contributed by atoms with Crippen molar-refractivity contribution in [2.24, 2.45) is 0 Å². The van der Waals surface area contributed by atoms with Crippen LogP contribution in [0.4, 0.5) is 5.69 Å². The summed E-state index contributed by atoms with van der Waals surface area (Å²) in [6, 6.07) is 14.7. The van der Waals surface area contributed by atoms with Crippen molar-refractivity contribution in [1.82, 2.24) is 9.97 Å². The molecule has 0 saturated heterocycles. The zero-order chi connectivity index (χ0) is 19.1. The molecule has 0 atom stereocenters. The van der Waals surface area contributed by atoms with Crippen LogP contribution in [0, 0.1) is 0 Å². The molecule has 5 nitrogen and oxygen atoms in total. The molecule has 0 bridgehead atoms. The topological polar surface area (TPSA) is 59.2 Å². The summed E-state index contributed by atoms with van der Waals surface area (Å²) in [5.41, 5.74) is 7.95. The highest BCUT2D eigenvalue weighted by Crippen LogP contribution is 2.36. The van der Waals surface area contributed by atoms with Crippen LogP contribution in [-0.4, -0.2) is 30.7 Å². The fourth-order valence-corrected chi connectivity index (χ4v) is 3.89. The third kappa shape index (κ3) is 2.67. The predicted octanol–water partition coefficient (Wildman–Crippen LogP) is 4.88. The smallest absolute Gasteiger partial charge is 0.161 e. The summed E-state index contributed by atoms with van der Waals surface area (Å²) in [7, 11) is 3.29. The summed E-state index contributed by atoms with van der Waals surface area (Å²) in [6.45, 7) is 1.01. The van der Waals surface area contributed by atoms with Crippen molar-refractivity contribution in [3.05, 3.63) is 60.4 Å². The SMILES string of the molecule is COc1ccc(-c2cnc3[nH]cc(-c4ccc5c(c4)CCN5)c3c2)cc1OC. The molecule has 28 heavy (non-hydrogen) atoms. The van der Waals surface area contributed by atoms with Crippen molar-refractivity contribution >= 4 is 16.7 Å². The number of rotatable bonds is 4. The monoisotopic (exact) mass is 371 g/mol. The number of hydrogen-bond acceptors (Lipinski definition) is 4. The molecular weight excluding hydrogens is 350 g/mol. The lowest BCUT2D eigenvalue weighted by Gasteiger charge is -2.10. The average molecular weight is 371 g/mol. The van der Waals surface area contributed by atoms with E-state index < -0.39 is 0 Å². The van der Waals surface area contributed by atoms with Crippen LogP contribution in [0.1, 0.15) is 5.56 Å². The standard InChI is InChI=1S/C23H21N3O2/c1-27-21-6-4-14(11-22(21)28-2)17-10-18-19(13-26-23(18)25-12-17)15-3-5-20-16(9-15)7-8-24-20/h3-6,9-13,24H,7-8H2,1-2H3,(H,25,26). The number of hydrogen-bond donors (Lipinski definition) is 2. The number of nitrogens with one attached hydrogen (secondary N) is 2. The number of ether oxygens (including phenoxy) is 2. The van der Waals surface area contributed by atoms with Gasteiger partial charge in [0.1, 0.15) is 5.65 Å². The molecular formula is C23H21N3O2. The second-order valence-electron chi connectivity index (χ2n) is 6.94. The van der Waals surface area contributed by atoms with Gasteiger partial charge < -0.3 is 19.8 Å². The molecule has 3 heterocycles. The van der Waals surface area contributed by atoms with Crippen LogP contribution >= 0.6 is 0 Å². The number of aromatic amines is 1. The first-order valence-corrected chi connectivity index (χ1v) is 9.33. The number of aromatic nitrogens is 2. The van der Waals surface area contributed by atoms with Gasteiger partial charge in [-0.3, -0.25) is 0 Å². The molecule has 0 aliphatic carbocycles. The van der Waals surface area contributed by atoms with Gasteiger partial charge in [0.05, 0.1) is 14.2 Å². The van der Waals surface area contributed by atoms with Crippen LogP contribution in [0.3, 0.4) is 0 Å². The first-order chi connectivity index (χ1) is 13.8. The molecule has 140 valence electrons. The number of nitrogens with zero attached hydrogens (tertiary/aromatic N) is 1. The van der Waals surface area contributed by atoms with E-state index in [2.05, 4.69) is 39.6 Å². The zero-order valence-electron chi connectivity index (χ0n) is 15.9. The Morgan fingerprint density at radius 3 is 2.61 bits per heavy atom. The van der Waals surface area contributed by atoms with E-state index in [0.29, 0.717) is 5.75 Å². The summed E-state index contributed by atoms with van der Waals surface area (Å²) in [5.74, 6) is 1.43. The van der Waals surface area contributed by atoms with Gasteiger partial charge in [-0.25, -0.2) is 4.98 Å². The van der Waals surface area contributed by atoms with Crippen LogP contribution in [0.15, 0.2) is 54.9 Å². The normalized spacial score (nSPS) is 12.6. The van der Waals surface area contributed by atoms with Crippen LogP contribution < -0.4 is 14.8 Å². The Hall–Kier alpha value is -3.47. The molecule has 2 aromatic heterocycles. The average Bonchev–Trinajstić information content (AvgIpc) is 3.38. The predicted molar refractivity (Wildman–Crippen MR) is 112 cm³/mol. The Balaban J connectivity index is 1.61. The Labute approximate surface area is 163 Å². The van der Waals surface area contributed by atoms with E-state index in [-0.39, 0.29) is 0 Å². The van der Waals surface area contributed by atoms with Crippen LogP contribution in [-0.2, 0) is 6.42 Å². The highest BCUT2D eigenvalue weighted by atomic mass is 16.5. The molecule has 2 aromatic carbocycles. The van der Waals surface area contributed by atoms with E-state index >= 15 is 0 Å². The van der Waals surface area contributed by atoms with Gasteiger partial charge in [0.2, 0.25) is 0 Å². The molecule has 5 heteroatoms. The summed E-state index contributed by atoms with van der Waals surface area (Å²) in [4.78, 5) is 7.94. The van der Waals surface area contributed by atoms with E-state index in [9.17, 15) is 0 Å². The van der Waals surface area contributed by atoms with Gasteiger partial charge in [-0.1, -0.05) is 12.1 Å². The van der Waals surface area contributed by atoms with Crippen LogP contribution in [0.2, 0.25) is 0 Å². The van der Waals surface area contributed by atoms with Gasteiger partial charge in [-0.2, -0.15) is 0 Å². The minimum absolute atomic E-state index is 0.709. The lowest BCUT2D eigenvalue weighted by Crippen LogP contribution is -1.91. The van der Waals surface area contributed by atoms with Crippen molar-refractivity contribution < 1.29 is 9.47 Å². The molecule has 4 aromatic rings. The minimum Gasteiger partial charge on any atom is -0.493 e. The maximum atomic E-state index is 5.45.